The van der Waals surface area contributed by atoms with Crippen molar-refractivity contribution < 1.29 is 18.0 Å². The first kappa shape index (κ1) is 19.7. The van der Waals surface area contributed by atoms with Crippen molar-refractivity contribution >= 4 is 16.9 Å². The number of halogens is 3. The Hall–Kier alpha value is -2.05. The molecule has 4 nitrogen and oxygen atoms in total. The lowest BCUT2D eigenvalue weighted by Crippen LogP contribution is -2.28. The number of imidazole rings is 1. The molecular weight excluding hydrogens is 355 g/mol. The van der Waals surface area contributed by atoms with Crippen LogP contribution < -0.4 is 5.73 Å². The highest BCUT2D eigenvalue weighted by atomic mass is 19.4. The van der Waals surface area contributed by atoms with Crippen LogP contribution in [0.1, 0.15) is 55.7 Å². The molecule has 1 aromatic carbocycles. The summed E-state index contributed by atoms with van der Waals surface area (Å²) in [7, 11) is 0. The molecule has 1 aliphatic rings. The molecule has 27 heavy (non-hydrogen) atoms. The third kappa shape index (κ3) is 4.45. The van der Waals surface area contributed by atoms with Crippen LogP contribution in [0.3, 0.4) is 0 Å². The molecule has 3 rings (SSSR count). The predicted octanol–water partition coefficient (Wildman–Crippen LogP) is 4.70. The summed E-state index contributed by atoms with van der Waals surface area (Å²) in [5.74, 6) is -0.167. The van der Waals surface area contributed by atoms with E-state index in [0.29, 0.717) is 36.3 Å². The molecular formula is C20H26F3N3O. The van der Waals surface area contributed by atoms with E-state index in [1.807, 2.05) is 6.07 Å². The highest BCUT2D eigenvalue weighted by Crippen LogP contribution is 2.40. The standard InChI is InChI=1S/C20H26F3N3O/c1-12(2)11-26-17-8-5-14(19(24)27)10-16(17)25-18(26)9-13-3-6-15(7-4-13)20(21,22)23/h5,8,10,12-13,15H,3-4,6-7,9,11H2,1-2H3,(H2,24,27). The summed E-state index contributed by atoms with van der Waals surface area (Å²) >= 11 is 0. The Bertz CT molecular complexity index is 818. The van der Waals surface area contributed by atoms with Gasteiger partial charge in [0.25, 0.3) is 0 Å². The van der Waals surface area contributed by atoms with E-state index in [2.05, 4.69) is 18.4 Å². The average Bonchev–Trinajstić information content (AvgIpc) is 2.90. The van der Waals surface area contributed by atoms with Gasteiger partial charge in [0.15, 0.2) is 0 Å². The van der Waals surface area contributed by atoms with Gasteiger partial charge in [0.05, 0.1) is 17.0 Å². The topological polar surface area (TPSA) is 60.9 Å². The van der Waals surface area contributed by atoms with Gasteiger partial charge in [0, 0.05) is 18.5 Å². The van der Waals surface area contributed by atoms with Gasteiger partial charge in [-0.05, 0) is 55.7 Å². The maximum atomic E-state index is 12.9. The summed E-state index contributed by atoms with van der Waals surface area (Å²) in [6.45, 7) is 5.00. The Morgan fingerprint density at radius 2 is 1.93 bits per heavy atom. The van der Waals surface area contributed by atoms with Gasteiger partial charge in [-0.25, -0.2) is 4.98 Å². The highest BCUT2D eigenvalue weighted by molar-refractivity contribution is 5.96. The summed E-state index contributed by atoms with van der Waals surface area (Å²) < 4.78 is 40.8. The fourth-order valence-corrected chi connectivity index (χ4v) is 4.01. The van der Waals surface area contributed by atoms with Crippen molar-refractivity contribution in [3.8, 4) is 0 Å². The first-order valence-corrected chi connectivity index (χ1v) is 9.50. The molecule has 0 radical (unpaired) electrons. The van der Waals surface area contributed by atoms with Gasteiger partial charge >= 0.3 is 6.18 Å². The highest BCUT2D eigenvalue weighted by Gasteiger charge is 2.41. The number of benzene rings is 1. The van der Waals surface area contributed by atoms with Gasteiger partial charge in [-0.15, -0.1) is 0 Å². The van der Waals surface area contributed by atoms with Crippen molar-refractivity contribution in [2.45, 2.75) is 58.7 Å². The lowest BCUT2D eigenvalue weighted by Gasteiger charge is -2.29. The summed E-state index contributed by atoms with van der Waals surface area (Å²) in [5.41, 5.74) is 7.43. The van der Waals surface area contributed by atoms with E-state index in [4.69, 9.17) is 10.7 Å². The summed E-state index contributed by atoms with van der Waals surface area (Å²) in [6, 6.07) is 5.24. The Kier molecular flexibility index (Phi) is 5.49. The van der Waals surface area contributed by atoms with E-state index in [9.17, 15) is 18.0 Å². The SMILES string of the molecule is CC(C)Cn1c(CC2CCC(C(F)(F)F)CC2)nc2cc(C(N)=O)ccc21. The van der Waals surface area contributed by atoms with Crippen molar-refractivity contribution in [2.24, 2.45) is 23.5 Å². The van der Waals surface area contributed by atoms with Crippen LogP contribution in [0.15, 0.2) is 18.2 Å². The monoisotopic (exact) mass is 381 g/mol. The third-order valence-electron chi connectivity index (χ3n) is 5.44. The molecule has 0 aliphatic heterocycles. The molecule has 0 bridgehead atoms. The molecule has 1 fully saturated rings. The maximum Gasteiger partial charge on any atom is 0.391 e. The van der Waals surface area contributed by atoms with Crippen LogP contribution in [0.5, 0.6) is 0 Å². The minimum atomic E-state index is -4.08. The van der Waals surface area contributed by atoms with Gasteiger partial charge in [-0.1, -0.05) is 13.8 Å². The van der Waals surface area contributed by atoms with E-state index in [1.165, 1.54) is 0 Å². The first-order chi connectivity index (χ1) is 12.6. The van der Waals surface area contributed by atoms with Crippen molar-refractivity contribution in [3.05, 3.63) is 29.6 Å². The van der Waals surface area contributed by atoms with E-state index in [0.717, 1.165) is 17.9 Å². The molecule has 1 heterocycles. The van der Waals surface area contributed by atoms with E-state index < -0.39 is 18.0 Å². The number of aromatic nitrogens is 2. The van der Waals surface area contributed by atoms with Gasteiger partial charge in [0.2, 0.25) is 5.91 Å². The molecule has 0 spiro atoms. The minimum Gasteiger partial charge on any atom is -0.366 e. The van der Waals surface area contributed by atoms with Crippen LogP contribution in [-0.4, -0.2) is 21.6 Å². The number of rotatable bonds is 5. The van der Waals surface area contributed by atoms with Crippen molar-refractivity contribution in [2.75, 3.05) is 0 Å². The Morgan fingerprint density at radius 1 is 1.26 bits per heavy atom. The molecule has 0 unspecified atom stereocenters. The van der Waals surface area contributed by atoms with Crippen LogP contribution in [0, 0.1) is 17.8 Å². The fourth-order valence-electron chi connectivity index (χ4n) is 4.01. The lowest BCUT2D eigenvalue weighted by molar-refractivity contribution is -0.183. The van der Waals surface area contributed by atoms with E-state index in [-0.39, 0.29) is 18.8 Å². The first-order valence-electron chi connectivity index (χ1n) is 9.50. The van der Waals surface area contributed by atoms with E-state index >= 15 is 0 Å². The number of primary amides is 1. The maximum absolute atomic E-state index is 12.9. The summed E-state index contributed by atoms with van der Waals surface area (Å²) in [5, 5.41) is 0. The zero-order valence-corrected chi connectivity index (χ0v) is 15.7. The molecule has 1 amide bonds. The molecule has 2 N–H and O–H groups in total. The van der Waals surface area contributed by atoms with Crippen LogP contribution in [-0.2, 0) is 13.0 Å². The summed E-state index contributed by atoms with van der Waals surface area (Å²) in [6.07, 6.45) is -1.88. The molecule has 0 atom stereocenters. The number of alkyl halides is 3. The minimum absolute atomic E-state index is 0.199. The molecule has 1 aliphatic carbocycles. The van der Waals surface area contributed by atoms with Gasteiger partial charge in [-0.3, -0.25) is 4.79 Å². The molecule has 7 heteroatoms. The number of carbonyl (C=O) groups is 1. The van der Waals surface area contributed by atoms with Gasteiger partial charge < -0.3 is 10.3 Å². The molecule has 2 aromatic rings. The van der Waals surface area contributed by atoms with Crippen LogP contribution in [0.4, 0.5) is 13.2 Å². The number of hydrogen-bond acceptors (Lipinski definition) is 2. The van der Waals surface area contributed by atoms with Crippen LogP contribution in [0.2, 0.25) is 0 Å². The predicted molar refractivity (Wildman–Crippen MR) is 98.3 cm³/mol. The number of nitrogens with zero attached hydrogens (tertiary/aromatic N) is 2. The van der Waals surface area contributed by atoms with Crippen LogP contribution in [0.25, 0.3) is 11.0 Å². The largest absolute Gasteiger partial charge is 0.391 e. The molecule has 0 saturated heterocycles. The molecule has 148 valence electrons. The zero-order valence-electron chi connectivity index (χ0n) is 15.7. The number of fused-ring (bicyclic) bond motifs is 1. The number of hydrogen-bond donors (Lipinski definition) is 1. The Labute approximate surface area is 156 Å². The number of carbonyl (C=O) groups excluding carboxylic acids is 1. The van der Waals surface area contributed by atoms with Crippen LogP contribution >= 0.6 is 0 Å². The Morgan fingerprint density at radius 3 is 2.48 bits per heavy atom. The fraction of sp³-hybridized carbons (Fsp3) is 0.600. The number of amides is 1. The van der Waals surface area contributed by atoms with Crippen molar-refractivity contribution in [1.29, 1.82) is 0 Å². The third-order valence-corrected chi connectivity index (χ3v) is 5.44. The van der Waals surface area contributed by atoms with E-state index in [1.54, 1.807) is 12.1 Å². The molecule has 1 saturated carbocycles. The second kappa shape index (κ2) is 7.52. The lowest BCUT2D eigenvalue weighted by atomic mass is 9.80. The quantitative estimate of drug-likeness (QED) is 0.816. The average molecular weight is 381 g/mol. The zero-order chi connectivity index (χ0) is 19.8. The second-order valence-corrected chi connectivity index (χ2v) is 8.06. The second-order valence-electron chi connectivity index (χ2n) is 8.06. The van der Waals surface area contributed by atoms with Crippen molar-refractivity contribution in [3.63, 3.8) is 0 Å². The van der Waals surface area contributed by atoms with Crippen molar-refractivity contribution in [1.82, 2.24) is 9.55 Å². The smallest absolute Gasteiger partial charge is 0.366 e. The Balaban J connectivity index is 1.83. The summed E-state index contributed by atoms with van der Waals surface area (Å²) in [4.78, 5) is 16.1. The molecule has 1 aromatic heterocycles. The normalized spacial score (nSPS) is 21.1. The number of nitrogens with two attached hydrogens (primary N) is 1. The van der Waals surface area contributed by atoms with Gasteiger partial charge in [0.1, 0.15) is 5.82 Å². The van der Waals surface area contributed by atoms with Gasteiger partial charge in [-0.2, -0.15) is 13.2 Å².